The Morgan fingerprint density at radius 3 is 2.43 bits per heavy atom. The number of hydrogen-bond acceptors (Lipinski definition) is 8. The Balaban J connectivity index is 1.63. The predicted molar refractivity (Wildman–Crippen MR) is 138 cm³/mol. The third-order valence-corrected chi connectivity index (χ3v) is 6.76. The van der Waals surface area contributed by atoms with Crippen LogP contribution in [0.2, 0.25) is 0 Å². The standard InChI is InChI=1S/C28H26N4O5/c1-33-20-13-12-16(14-22(20)35-3)25-23-24(31-28-29-15-30-32(25)28)17-8-5-6-10-19(17)37-27(23)18-9-7-11-21(34-2)26(18)36-4/h5-15,25,27H,1-4H3,(H,29,30,31). The number of benzene rings is 3. The Morgan fingerprint density at radius 2 is 1.65 bits per heavy atom. The van der Waals surface area contributed by atoms with Gasteiger partial charge in [0, 0.05) is 16.7 Å². The summed E-state index contributed by atoms with van der Waals surface area (Å²) in [6.07, 6.45) is 1.03. The number of nitrogens with zero attached hydrogens (tertiary/aromatic N) is 3. The van der Waals surface area contributed by atoms with Gasteiger partial charge in [-0.2, -0.15) is 10.1 Å². The van der Waals surface area contributed by atoms with Crippen molar-refractivity contribution in [2.75, 3.05) is 33.8 Å². The number of ether oxygens (including phenoxy) is 5. The van der Waals surface area contributed by atoms with Crippen LogP contribution in [0, 0.1) is 0 Å². The molecule has 0 saturated carbocycles. The van der Waals surface area contributed by atoms with Crippen molar-refractivity contribution in [3.8, 4) is 28.7 Å². The number of methoxy groups -OCH3 is 4. The van der Waals surface area contributed by atoms with E-state index in [4.69, 9.17) is 23.7 Å². The minimum atomic E-state index is -0.516. The summed E-state index contributed by atoms with van der Waals surface area (Å²) in [4.78, 5) is 4.50. The van der Waals surface area contributed by atoms with E-state index in [-0.39, 0.29) is 6.04 Å². The van der Waals surface area contributed by atoms with Crippen LogP contribution < -0.4 is 29.0 Å². The number of aromatic nitrogens is 3. The van der Waals surface area contributed by atoms with E-state index in [0.717, 1.165) is 33.7 Å². The smallest absolute Gasteiger partial charge is 0.226 e. The number of fused-ring (bicyclic) bond motifs is 3. The van der Waals surface area contributed by atoms with Gasteiger partial charge < -0.3 is 29.0 Å². The normalized spacial score (nSPS) is 17.5. The minimum absolute atomic E-state index is 0.359. The van der Waals surface area contributed by atoms with Crippen LogP contribution in [0.15, 0.2) is 72.6 Å². The van der Waals surface area contributed by atoms with E-state index in [1.54, 1.807) is 34.8 Å². The summed E-state index contributed by atoms with van der Waals surface area (Å²) in [5.74, 6) is 3.88. The molecule has 9 nitrogen and oxygen atoms in total. The maximum atomic E-state index is 6.72. The average molecular weight is 499 g/mol. The first-order chi connectivity index (χ1) is 18.2. The van der Waals surface area contributed by atoms with Crippen molar-refractivity contribution in [1.29, 1.82) is 0 Å². The first-order valence-electron chi connectivity index (χ1n) is 11.8. The van der Waals surface area contributed by atoms with Crippen molar-refractivity contribution in [1.82, 2.24) is 14.8 Å². The lowest BCUT2D eigenvalue weighted by molar-refractivity contribution is 0.216. The zero-order valence-corrected chi connectivity index (χ0v) is 20.9. The van der Waals surface area contributed by atoms with Crippen LogP contribution in [0.25, 0.3) is 5.70 Å². The molecule has 6 rings (SSSR count). The molecule has 0 radical (unpaired) electrons. The highest BCUT2D eigenvalue weighted by Crippen LogP contribution is 2.53. The van der Waals surface area contributed by atoms with Crippen molar-refractivity contribution in [2.24, 2.45) is 0 Å². The zero-order valence-electron chi connectivity index (χ0n) is 20.9. The SMILES string of the molecule is COc1ccc(C2C3=C(Nc4ncnn42)c2ccccc2OC3c2cccc(OC)c2OC)cc1OC. The minimum Gasteiger partial charge on any atom is -0.493 e. The van der Waals surface area contributed by atoms with Gasteiger partial charge in [-0.25, -0.2) is 4.68 Å². The lowest BCUT2D eigenvalue weighted by Crippen LogP contribution is -2.32. The molecule has 4 aromatic rings. The first kappa shape index (κ1) is 22.8. The molecule has 2 atom stereocenters. The number of hydrogen-bond donors (Lipinski definition) is 1. The Labute approximate surface area is 214 Å². The van der Waals surface area contributed by atoms with Crippen molar-refractivity contribution in [3.63, 3.8) is 0 Å². The van der Waals surface area contributed by atoms with Crippen molar-refractivity contribution in [2.45, 2.75) is 12.1 Å². The molecule has 3 aromatic carbocycles. The second-order valence-corrected chi connectivity index (χ2v) is 8.58. The highest BCUT2D eigenvalue weighted by atomic mass is 16.5. The van der Waals surface area contributed by atoms with E-state index in [1.165, 1.54) is 0 Å². The Bertz CT molecular complexity index is 1510. The second-order valence-electron chi connectivity index (χ2n) is 8.58. The third-order valence-electron chi connectivity index (χ3n) is 6.76. The van der Waals surface area contributed by atoms with E-state index >= 15 is 0 Å². The monoisotopic (exact) mass is 498 g/mol. The Hall–Kier alpha value is -4.66. The summed E-state index contributed by atoms with van der Waals surface area (Å²) >= 11 is 0. The summed E-state index contributed by atoms with van der Waals surface area (Å²) in [5.41, 5.74) is 4.58. The fourth-order valence-electron chi connectivity index (χ4n) is 5.14. The summed E-state index contributed by atoms with van der Waals surface area (Å²) in [6, 6.07) is 19.3. The first-order valence-corrected chi connectivity index (χ1v) is 11.8. The van der Waals surface area contributed by atoms with Gasteiger partial charge in [-0.3, -0.25) is 0 Å². The van der Waals surface area contributed by atoms with E-state index in [2.05, 4.69) is 15.4 Å². The van der Waals surface area contributed by atoms with Gasteiger partial charge in [-0.15, -0.1) is 0 Å². The van der Waals surface area contributed by atoms with Crippen molar-refractivity contribution < 1.29 is 23.7 Å². The molecule has 0 bridgehead atoms. The molecule has 3 heterocycles. The van der Waals surface area contributed by atoms with Crippen LogP contribution in [-0.4, -0.2) is 43.2 Å². The van der Waals surface area contributed by atoms with Gasteiger partial charge in [-0.05, 0) is 35.9 Å². The quantitative estimate of drug-likeness (QED) is 0.403. The molecule has 0 fully saturated rings. The van der Waals surface area contributed by atoms with E-state index in [0.29, 0.717) is 28.9 Å². The molecule has 188 valence electrons. The summed E-state index contributed by atoms with van der Waals surface area (Å²) in [6.45, 7) is 0. The highest BCUT2D eigenvalue weighted by molar-refractivity contribution is 5.85. The summed E-state index contributed by atoms with van der Waals surface area (Å²) in [7, 11) is 6.50. The van der Waals surface area contributed by atoms with E-state index < -0.39 is 6.10 Å². The van der Waals surface area contributed by atoms with Gasteiger partial charge in [0.2, 0.25) is 5.95 Å². The van der Waals surface area contributed by atoms with E-state index in [9.17, 15) is 0 Å². The maximum absolute atomic E-state index is 6.72. The molecule has 0 aliphatic carbocycles. The number of para-hydroxylation sites is 2. The Kier molecular flexibility index (Phi) is 5.60. The lowest BCUT2D eigenvalue weighted by Gasteiger charge is -2.39. The van der Waals surface area contributed by atoms with E-state index in [1.807, 2.05) is 65.3 Å². The largest absolute Gasteiger partial charge is 0.493 e. The molecule has 9 heteroatoms. The molecule has 0 amide bonds. The molecule has 0 spiro atoms. The van der Waals surface area contributed by atoms with Gasteiger partial charge in [0.1, 0.15) is 18.1 Å². The maximum Gasteiger partial charge on any atom is 0.226 e. The molecular weight excluding hydrogens is 472 g/mol. The zero-order chi connectivity index (χ0) is 25.5. The van der Waals surface area contributed by atoms with Crippen LogP contribution in [0.3, 0.4) is 0 Å². The third kappa shape index (κ3) is 3.54. The van der Waals surface area contributed by atoms with Crippen LogP contribution in [-0.2, 0) is 0 Å². The second kappa shape index (κ2) is 9.09. The topological polar surface area (TPSA) is 88.9 Å². The van der Waals surface area contributed by atoms with Crippen molar-refractivity contribution in [3.05, 3.63) is 89.3 Å². The van der Waals surface area contributed by atoms with Crippen LogP contribution in [0.5, 0.6) is 28.7 Å². The molecule has 1 aromatic heterocycles. The molecule has 2 aliphatic heterocycles. The molecule has 37 heavy (non-hydrogen) atoms. The van der Waals surface area contributed by atoms with Gasteiger partial charge >= 0.3 is 0 Å². The van der Waals surface area contributed by atoms with Gasteiger partial charge in [0.15, 0.2) is 29.1 Å². The molecule has 0 saturated heterocycles. The van der Waals surface area contributed by atoms with Gasteiger partial charge in [0.25, 0.3) is 0 Å². The van der Waals surface area contributed by atoms with Crippen LogP contribution in [0.4, 0.5) is 5.95 Å². The predicted octanol–water partition coefficient (Wildman–Crippen LogP) is 4.87. The summed E-state index contributed by atoms with van der Waals surface area (Å²) in [5, 5.41) is 8.10. The van der Waals surface area contributed by atoms with Gasteiger partial charge in [0.05, 0.1) is 34.1 Å². The number of anilines is 1. The number of rotatable bonds is 6. The molecular formula is C28H26N4O5. The number of nitrogens with one attached hydrogen (secondary N) is 1. The highest BCUT2D eigenvalue weighted by Gasteiger charge is 2.42. The lowest BCUT2D eigenvalue weighted by atomic mass is 9.84. The fraction of sp³-hybridized carbons (Fsp3) is 0.214. The average Bonchev–Trinajstić information content (AvgIpc) is 3.43. The van der Waals surface area contributed by atoms with Crippen LogP contribution >= 0.6 is 0 Å². The molecule has 1 N–H and O–H groups in total. The molecule has 2 aliphatic rings. The molecule has 2 unspecified atom stereocenters. The van der Waals surface area contributed by atoms with Crippen LogP contribution in [0.1, 0.15) is 28.8 Å². The Morgan fingerprint density at radius 1 is 0.838 bits per heavy atom. The summed E-state index contributed by atoms with van der Waals surface area (Å²) < 4.78 is 31.2. The fourth-order valence-corrected chi connectivity index (χ4v) is 5.14. The van der Waals surface area contributed by atoms with Gasteiger partial charge in [-0.1, -0.05) is 30.3 Å². The van der Waals surface area contributed by atoms with Crippen molar-refractivity contribution >= 4 is 11.6 Å².